The van der Waals surface area contributed by atoms with Gasteiger partial charge in [0.25, 0.3) is 0 Å². The minimum atomic E-state index is -1.21. The normalized spacial score (nSPS) is 44.2. The van der Waals surface area contributed by atoms with E-state index in [1.54, 1.807) is 0 Å². The van der Waals surface area contributed by atoms with Crippen LogP contribution in [0, 0.1) is 46.3 Å². The highest BCUT2D eigenvalue weighted by molar-refractivity contribution is 5.83. The quantitative estimate of drug-likeness (QED) is 0.457. The molecule has 6 heteroatoms. The molecule has 0 aliphatic heterocycles. The average Bonchev–Trinajstić information content (AvgIpc) is 3.13. The number of nitrogens with one attached hydrogen (secondary N) is 1. The van der Waals surface area contributed by atoms with Gasteiger partial charge < -0.3 is 20.6 Å². The Bertz CT molecular complexity index is 742. The van der Waals surface area contributed by atoms with Crippen molar-refractivity contribution < 1.29 is 24.9 Å². The van der Waals surface area contributed by atoms with Crippen molar-refractivity contribution in [3.8, 4) is 0 Å². The molecule has 0 aromatic carbocycles. The number of carboxylic acids is 1. The van der Waals surface area contributed by atoms with Crippen LogP contribution in [0.2, 0.25) is 0 Å². The summed E-state index contributed by atoms with van der Waals surface area (Å²) >= 11 is 0. The first-order valence-electron chi connectivity index (χ1n) is 13.4. The van der Waals surface area contributed by atoms with Crippen molar-refractivity contribution >= 4 is 11.9 Å². The molecule has 0 saturated heterocycles. The maximum absolute atomic E-state index is 12.3. The zero-order chi connectivity index (χ0) is 24.0. The molecule has 4 aliphatic rings. The van der Waals surface area contributed by atoms with Gasteiger partial charge in [0.05, 0.1) is 12.7 Å². The van der Waals surface area contributed by atoms with Gasteiger partial charge in [-0.3, -0.25) is 4.79 Å². The lowest BCUT2D eigenvalue weighted by molar-refractivity contribution is -0.143. The van der Waals surface area contributed by atoms with Gasteiger partial charge in [-0.2, -0.15) is 0 Å². The summed E-state index contributed by atoms with van der Waals surface area (Å²) in [4.78, 5) is 23.3. The number of hydrogen-bond donors (Lipinski definition) is 4. The second kappa shape index (κ2) is 9.49. The van der Waals surface area contributed by atoms with Crippen LogP contribution >= 0.6 is 0 Å². The predicted octanol–water partition coefficient (Wildman–Crippen LogP) is 3.98. The van der Waals surface area contributed by atoms with Crippen molar-refractivity contribution in [3.05, 3.63) is 0 Å². The summed E-state index contributed by atoms with van der Waals surface area (Å²) in [6, 6.07) is -1.21. The Kier molecular flexibility index (Phi) is 7.18. The Balaban J connectivity index is 1.38. The summed E-state index contributed by atoms with van der Waals surface area (Å²) in [7, 11) is 0. The topological polar surface area (TPSA) is 107 Å². The molecule has 4 aliphatic carbocycles. The van der Waals surface area contributed by atoms with Gasteiger partial charge in [-0.15, -0.1) is 0 Å². The number of aliphatic hydroxyl groups is 2. The van der Waals surface area contributed by atoms with Crippen molar-refractivity contribution in [2.24, 2.45) is 46.3 Å². The Morgan fingerprint density at radius 3 is 2.39 bits per heavy atom. The van der Waals surface area contributed by atoms with Crippen LogP contribution in [0.3, 0.4) is 0 Å². The van der Waals surface area contributed by atoms with Gasteiger partial charge in [0.15, 0.2) is 0 Å². The van der Waals surface area contributed by atoms with Crippen molar-refractivity contribution in [2.75, 3.05) is 6.61 Å². The Labute approximate surface area is 198 Å². The van der Waals surface area contributed by atoms with Gasteiger partial charge in [-0.05, 0) is 111 Å². The third-order valence-electron chi connectivity index (χ3n) is 11.0. The van der Waals surface area contributed by atoms with Crippen LogP contribution in [0.1, 0.15) is 91.4 Å². The molecule has 1 amide bonds. The third-order valence-corrected chi connectivity index (χ3v) is 11.0. The van der Waals surface area contributed by atoms with E-state index in [1.165, 1.54) is 44.9 Å². The van der Waals surface area contributed by atoms with E-state index in [0.717, 1.165) is 37.0 Å². The molecule has 6 nitrogen and oxygen atoms in total. The molecule has 10 atom stereocenters. The van der Waals surface area contributed by atoms with Crippen molar-refractivity contribution in [2.45, 2.75) is 104 Å². The smallest absolute Gasteiger partial charge is 0.328 e. The fraction of sp³-hybridized carbons (Fsp3) is 0.926. The summed E-state index contributed by atoms with van der Waals surface area (Å²) in [5, 5.41) is 30.9. The van der Waals surface area contributed by atoms with Gasteiger partial charge in [0.1, 0.15) is 6.04 Å². The lowest BCUT2D eigenvalue weighted by Gasteiger charge is -2.61. The Hall–Kier alpha value is -1.14. The standard InChI is InChI=1S/C27H45NO5/c1-16(4-9-24(31)28-23(15-29)25(32)33)20-7-8-21-19-6-5-17-14-18(30)10-12-26(17,2)22(19)11-13-27(20,21)3/h16-23,29-30H,4-15H2,1-3H3,(H,28,31)(H,32,33)/t16?,17-,18-,19+,20-,21+,22+,23?,26+,27-/m1/s1. The molecule has 4 rings (SSSR count). The maximum atomic E-state index is 12.3. The third kappa shape index (κ3) is 4.47. The van der Waals surface area contributed by atoms with E-state index in [4.69, 9.17) is 10.2 Å². The predicted molar refractivity (Wildman–Crippen MR) is 126 cm³/mol. The van der Waals surface area contributed by atoms with Crippen molar-refractivity contribution in [1.29, 1.82) is 0 Å². The molecule has 0 aromatic heterocycles. The van der Waals surface area contributed by atoms with E-state index in [2.05, 4.69) is 26.1 Å². The number of amides is 1. The first kappa shape index (κ1) is 25.0. The summed E-state index contributed by atoms with van der Waals surface area (Å²) < 4.78 is 0. The zero-order valence-corrected chi connectivity index (χ0v) is 20.8. The molecule has 0 radical (unpaired) electrons. The lowest BCUT2D eigenvalue weighted by Crippen LogP contribution is -2.54. The van der Waals surface area contributed by atoms with E-state index in [9.17, 15) is 14.7 Å². The van der Waals surface area contributed by atoms with E-state index in [-0.39, 0.29) is 12.0 Å². The molecule has 2 unspecified atom stereocenters. The second-order valence-electron chi connectivity index (χ2n) is 12.5. The average molecular weight is 464 g/mol. The van der Waals surface area contributed by atoms with Crippen molar-refractivity contribution in [1.82, 2.24) is 5.32 Å². The number of carbonyl (C=O) groups is 2. The van der Waals surface area contributed by atoms with Crippen LogP contribution in [-0.2, 0) is 9.59 Å². The Morgan fingerprint density at radius 1 is 1.00 bits per heavy atom. The highest BCUT2D eigenvalue weighted by atomic mass is 16.4. The van der Waals surface area contributed by atoms with Gasteiger partial charge in [0, 0.05) is 6.42 Å². The number of aliphatic hydroxyl groups excluding tert-OH is 2. The van der Waals surface area contributed by atoms with Crippen LogP contribution in [0.15, 0.2) is 0 Å². The minimum absolute atomic E-state index is 0.0921. The highest BCUT2D eigenvalue weighted by Crippen LogP contribution is 2.68. The molecule has 4 saturated carbocycles. The summed E-state index contributed by atoms with van der Waals surface area (Å²) in [6.07, 6.45) is 11.9. The fourth-order valence-corrected chi connectivity index (χ4v) is 9.22. The zero-order valence-electron chi connectivity index (χ0n) is 20.8. The van der Waals surface area contributed by atoms with Crippen LogP contribution < -0.4 is 5.32 Å². The molecule has 0 aromatic rings. The molecule has 0 bridgehead atoms. The lowest BCUT2D eigenvalue weighted by atomic mass is 9.44. The minimum Gasteiger partial charge on any atom is -0.480 e. The molecule has 0 heterocycles. The van der Waals surface area contributed by atoms with E-state index in [0.29, 0.717) is 35.0 Å². The number of rotatable bonds is 7. The van der Waals surface area contributed by atoms with E-state index >= 15 is 0 Å². The molecular weight excluding hydrogens is 418 g/mol. The van der Waals surface area contributed by atoms with Crippen LogP contribution in [0.25, 0.3) is 0 Å². The molecule has 33 heavy (non-hydrogen) atoms. The summed E-state index contributed by atoms with van der Waals surface area (Å²) in [6.45, 7) is 6.75. The van der Waals surface area contributed by atoms with Gasteiger partial charge in [-0.25, -0.2) is 4.79 Å². The number of carbonyl (C=O) groups excluding carboxylic acids is 1. The number of hydrogen-bond acceptors (Lipinski definition) is 4. The molecular formula is C27H45NO5. The molecule has 188 valence electrons. The number of fused-ring (bicyclic) bond motifs is 5. The number of aliphatic carboxylic acids is 1. The van der Waals surface area contributed by atoms with Crippen molar-refractivity contribution in [3.63, 3.8) is 0 Å². The number of carboxylic acid groups (broad SMARTS) is 1. The van der Waals surface area contributed by atoms with Crippen LogP contribution in [-0.4, -0.2) is 45.9 Å². The summed E-state index contributed by atoms with van der Waals surface area (Å²) in [5.74, 6) is 2.63. The van der Waals surface area contributed by atoms with E-state index in [1.807, 2.05) is 0 Å². The second-order valence-corrected chi connectivity index (χ2v) is 12.5. The van der Waals surface area contributed by atoms with Gasteiger partial charge >= 0.3 is 5.97 Å². The monoisotopic (exact) mass is 463 g/mol. The Morgan fingerprint density at radius 2 is 1.70 bits per heavy atom. The SMILES string of the molecule is CC(CCC(=O)NC(CO)C(=O)O)[C@H]1CC[C@H]2[C@@H]3CC[C@@H]4C[C@H](O)CC[C@]4(C)[C@H]3CC[C@]12C. The molecule has 4 N–H and O–H groups in total. The first-order chi connectivity index (χ1) is 15.6. The van der Waals surface area contributed by atoms with Gasteiger partial charge in [-0.1, -0.05) is 20.8 Å². The summed E-state index contributed by atoms with van der Waals surface area (Å²) in [5.41, 5.74) is 0.738. The fourth-order valence-electron chi connectivity index (χ4n) is 9.22. The van der Waals surface area contributed by atoms with Gasteiger partial charge in [0.2, 0.25) is 5.91 Å². The van der Waals surface area contributed by atoms with E-state index < -0.39 is 18.6 Å². The first-order valence-corrected chi connectivity index (χ1v) is 13.4. The van der Waals surface area contributed by atoms with Crippen LogP contribution in [0.5, 0.6) is 0 Å². The maximum Gasteiger partial charge on any atom is 0.328 e. The molecule has 0 spiro atoms. The van der Waals surface area contributed by atoms with Crippen LogP contribution in [0.4, 0.5) is 0 Å². The molecule has 4 fully saturated rings. The highest BCUT2D eigenvalue weighted by Gasteiger charge is 2.60. The largest absolute Gasteiger partial charge is 0.480 e.